The first kappa shape index (κ1) is 37.4. The van der Waals surface area contributed by atoms with Crippen molar-refractivity contribution in [2.45, 2.75) is 172 Å². The third-order valence-electron chi connectivity index (χ3n) is 13.0. The van der Waals surface area contributed by atoms with Crippen molar-refractivity contribution in [3.8, 4) is 0 Å². The highest BCUT2D eigenvalue weighted by molar-refractivity contribution is 5.70. The van der Waals surface area contributed by atoms with Crippen LogP contribution in [0.2, 0.25) is 0 Å². The number of aliphatic hydroxyl groups excluding tert-OH is 2. The summed E-state index contributed by atoms with van der Waals surface area (Å²) in [4.78, 5) is 11.8. The third-order valence-corrected chi connectivity index (χ3v) is 13.0. The Labute approximate surface area is 281 Å². The molecule has 0 aromatic rings. The third kappa shape index (κ3) is 6.67. The highest BCUT2D eigenvalue weighted by atomic mass is 16.7. The van der Waals surface area contributed by atoms with Gasteiger partial charge in [-0.2, -0.15) is 0 Å². The van der Waals surface area contributed by atoms with Gasteiger partial charge in [0.15, 0.2) is 11.6 Å². The van der Waals surface area contributed by atoms with Crippen LogP contribution in [0.5, 0.6) is 0 Å². The molecule has 1 unspecified atom stereocenters. The zero-order valence-corrected chi connectivity index (χ0v) is 30.0. The van der Waals surface area contributed by atoms with E-state index in [4.69, 9.17) is 28.4 Å². The van der Waals surface area contributed by atoms with E-state index in [9.17, 15) is 25.2 Å². The van der Waals surface area contributed by atoms with E-state index in [1.54, 1.807) is 6.92 Å². The fraction of sp³-hybridized carbons (Fsp3) is 0.972. The first-order valence-corrected chi connectivity index (χ1v) is 18.1. The number of aliphatic carboxylic acids is 1. The van der Waals surface area contributed by atoms with E-state index in [2.05, 4.69) is 27.7 Å². The Morgan fingerprint density at radius 2 is 1.72 bits per heavy atom. The van der Waals surface area contributed by atoms with Gasteiger partial charge in [-0.05, 0) is 64.2 Å². The average Bonchev–Trinajstić information content (AvgIpc) is 3.73. The van der Waals surface area contributed by atoms with Gasteiger partial charge in [-0.15, -0.1) is 0 Å². The van der Waals surface area contributed by atoms with Gasteiger partial charge in [0.25, 0.3) is 0 Å². The summed E-state index contributed by atoms with van der Waals surface area (Å²) in [6, 6.07) is 0. The number of aliphatic hydroxyl groups is 3. The summed E-state index contributed by atoms with van der Waals surface area (Å²) in [6.07, 6.45) is 2.99. The lowest BCUT2D eigenvalue weighted by molar-refractivity contribution is -0.336. The molecule has 5 saturated heterocycles. The minimum atomic E-state index is -1.56. The Kier molecular flexibility index (Phi) is 10.9. The van der Waals surface area contributed by atoms with E-state index < -0.39 is 59.6 Å². The largest absolute Gasteiger partial charge is 0.481 e. The fourth-order valence-corrected chi connectivity index (χ4v) is 9.91. The molecular weight excluding hydrogens is 608 g/mol. The van der Waals surface area contributed by atoms with E-state index >= 15 is 0 Å². The molecular formula is C36H62O11. The van der Waals surface area contributed by atoms with Crippen LogP contribution in [0.1, 0.15) is 107 Å². The molecule has 0 bridgehead atoms. The molecule has 11 nitrogen and oxygen atoms in total. The smallest absolute Gasteiger partial charge is 0.308 e. The van der Waals surface area contributed by atoms with Crippen molar-refractivity contribution in [3.05, 3.63) is 0 Å². The lowest BCUT2D eigenvalue weighted by Crippen LogP contribution is -2.57. The Bertz CT molecular complexity index is 1110. The van der Waals surface area contributed by atoms with Crippen LogP contribution < -0.4 is 0 Å². The van der Waals surface area contributed by atoms with Crippen molar-refractivity contribution in [3.63, 3.8) is 0 Å². The van der Waals surface area contributed by atoms with E-state index in [0.29, 0.717) is 19.3 Å². The monoisotopic (exact) mass is 670 g/mol. The summed E-state index contributed by atoms with van der Waals surface area (Å²) in [6.45, 7) is 15.6. The number of carboxylic acids is 1. The molecule has 1 spiro atoms. The van der Waals surface area contributed by atoms with Crippen LogP contribution >= 0.6 is 0 Å². The lowest BCUT2D eigenvalue weighted by Gasteiger charge is -2.49. The minimum Gasteiger partial charge on any atom is -0.481 e. The van der Waals surface area contributed by atoms with Gasteiger partial charge in [0, 0.05) is 37.7 Å². The normalized spacial score (nSPS) is 50.9. The molecule has 5 heterocycles. The predicted molar refractivity (Wildman–Crippen MR) is 172 cm³/mol. The van der Waals surface area contributed by atoms with Gasteiger partial charge in [0.1, 0.15) is 0 Å². The molecule has 4 N–H and O–H groups in total. The zero-order valence-electron chi connectivity index (χ0n) is 30.0. The number of rotatable bonds is 10. The van der Waals surface area contributed by atoms with Gasteiger partial charge in [-0.3, -0.25) is 4.79 Å². The van der Waals surface area contributed by atoms with Crippen LogP contribution in [0.3, 0.4) is 0 Å². The van der Waals surface area contributed by atoms with Crippen molar-refractivity contribution in [2.75, 3.05) is 13.7 Å². The zero-order chi connectivity index (χ0) is 34.7. The number of carboxylic acid groups (broad SMARTS) is 1. The molecule has 5 aliphatic rings. The van der Waals surface area contributed by atoms with E-state index in [1.807, 2.05) is 20.8 Å². The SMILES string of the molecule is CC[C@@]1(C2O[C@@H]([C@H]3O[C@@](O)(CO)[C@@H](C)C[C@H]3C)C[C@H]2C)CC[C@H]([C@]2(C)CC[C@]3(C[C@H](O)[C@@H](C)[C@@H]([C@@H](C)[C@@H](OC)[C@H](C)C(=O)O)O3)O2)O1. The predicted octanol–water partition coefficient (Wildman–Crippen LogP) is 4.27. The topological polar surface area (TPSA) is 153 Å². The maximum atomic E-state index is 11.8. The molecule has 5 fully saturated rings. The molecule has 5 aliphatic heterocycles. The van der Waals surface area contributed by atoms with Crippen LogP contribution in [-0.4, -0.2) is 106 Å². The minimum absolute atomic E-state index is 0.153. The fourth-order valence-electron chi connectivity index (χ4n) is 9.91. The van der Waals surface area contributed by atoms with Crippen molar-refractivity contribution < 1.29 is 53.6 Å². The first-order chi connectivity index (χ1) is 22.0. The average molecular weight is 671 g/mol. The Hall–Kier alpha value is -0.890. The quantitative estimate of drug-likeness (QED) is 0.264. The Morgan fingerprint density at radius 1 is 1.02 bits per heavy atom. The van der Waals surface area contributed by atoms with Gasteiger partial charge < -0.3 is 48.8 Å². The van der Waals surface area contributed by atoms with Crippen molar-refractivity contribution in [1.29, 1.82) is 0 Å². The van der Waals surface area contributed by atoms with Gasteiger partial charge in [-0.1, -0.05) is 41.5 Å². The molecule has 0 aromatic heterocycles. The highest BCUT2D eigenvalue weighted by Crippen LogP contribution is 2.55. The molecule has 47 heavy (non-hydrogen) atoms. The van der Waals surface area contributed by atoms with Crippen LogP contribution in [-0.2, 0) is 33.2 Å². The number of ether oxygens (including phenoxy) is 6. The summed E-state index contributed by atoms with van der Waals surface area (Å²) in [5.41, 5.74) is -1.15. The maximum Gasteiger partial charge on any atom is 0.308 e. The van der Waals surface area contributed by atoms with Crippen LogP contribution in [0.4, 0.5) is 0 Å². The van der Waals surface area contributed by atoms with Crippen LogP contribution in [0, 0.1) is 35.5 Å². The Morgan fingerprint density at radius 3 is 2.34 bits per heavy atom. The van der Waals surface area contributed by atoms with Gasteiger partial charge in [0.2, 0.25) is 0 Å². The van der Waals surface area contributed by atoms with Gasteiger partial charge in [0.05, 0.1) is 66.5 Å². The van der Waals surface area contributed by atoms with Gasteiger partial charge >= 0.3 is 5.97 Å². The van der Waals surface area contributed by atoms with Gasteiger partial charge in [-0.25, -0.2) is 0 Å². The standard InChI is InChI=1S/C36H62O11/c1-10-34(31-20(3)16-26(43-31)28-19(2)15-21(4)36(41,18-37)46-28)12-11-27(44-34)33(8)13-14-35(47-33)17-25(38)22(5)30(45-35)23(6)29(42-9)24(7)32(39)40/h19-31,37-38,41H,10-18H2,1-9H3,(H,39,40)/t19-,20-,21+,22-,23+,24+,25+,26-,27-,28+,29-,30+,31?,33+,34+,35-,36+/m1/s1. The molecule has 5 rings (SSSR count). The van der Waals surface area contributed by atoms with E-state index in [-0.39, 0.29) is 54.0 Å². The summed E-state index contributed by atoms with van der Waals surface area (Å²) in [7, 11) is 1.52. The van der Waals surface area contributed by atoms with Crippen molar-refractivity contribution in [2.24, 2.45) is 35.5 Å². The maximum absolute atomic E-state index is 11.8. The van der Waals surface area contributed by atoms with Crippen molar-refractivity contribution in [1.82, 2.24) is 0 Å². The second-order valence-corrected chi connectivity index (χ2v) is 16.3. The summed E-state index contributed by atoms with van der Waals surface area (Å²) < 4.78 is 39.4. The van der Waals surface area contributed by atoms with Crippen LogP contribution in [0.15, 0.2) is 0 Å². The second kappa shape index (κ2) is 13.7. The molecule has 0 aromatic carbocycles. The molecule has 0 aliphatic carbocycles. The molecule has 11 heteroatoms. The summed E-state index contributed by atoms with van der Waals surface area (Å²) in [5.74, 6) is -4.52. The lowest BCUT2D eigenvalue weighted by atomic mass is 9.78. The number of hydrogen-bond acceptors (Lipinski definition) is 10. The second-order valence-electron chi connectivity index (χ2n) is 16.3. The first-order valence-electron chi connectivity index (χ1n) is 18.1. The summed E-state index contributed by atoms with van der Waals surface area (Å²) in [5, 5.41) is 41.8. The summed E-state index contributed by atoms with van der Waals surface area (Å²) >= 11 is 0. The Balaban J connectivity index is 1.29. The van der Waals surface area contributed by atoms with Crippen LogP contribution in [0.25, 0.3) is 0 Å². The van der Waals surface area contributed by atoms with E-state index in [1.165, 1.54) is 7.11 Å². The molecule has 0 amide bonds. The molecule has 0 saturated carbocycles. The molecule has 17 atom stereocenters. The molecule has 0 radical (unpaired) electrons. The number of methoxy groups -OCH3 is 1. The van der Waals surface area contributed by atoms with Crippen molar-refractivity contribution >= 4 is 5.97 Å². The number of carbonyl (C=O) groups is 1. The molecule has 272 valence electrons. The number of hydrogen-bond donors (Lipinski definition) is 4. The van der Waals surface area contributed by atoms with E-state index in [0.717, 1.165) is 32.1 Å². The highest BCUT2D eigenvalue weighted by Gasteiger charge is 2.62.